The summed E-state index contributed by atoms with van der Waals surface area (Å²) in [5.74, 6) is 0.885. The summed E-state index contributed by atoms with van der Waals surface area (Å²) >= 11 is 6.33. The van der Waals surface area contributed by atoms with Gasteiger partial charge < -0.3 is 11.1 Å². The van der Waals surface area contributed by atoms with Crippen molar-refractivity contribution in [1.82, 2.24) is 4.98 Å². The number of carbonyl (C=O) groups excluding carboxylic acids is 1. The van der Waals surface area contributed by atoms with Gasteiger partial charge in [0.1, 0.15) is 5.82 Å². The molecule has 1 saturated carbocycles. The fourth-order valence-corrected chi connectivity index (χ4v) is 3.57. The van der Waals surface area contributed by atoms with Crippen LogP contribution >= 0.6 is 11.6 Å². The van der Waals surface area contributed by atoms with Gasteiger partial charge >= 0.3 is 0 Å². The van der Waals surface area contributed by atoms with E-state index in [0.29, 0.717) is 11.7 Å². The maximum atomic E-state index is 12.5. The smallest absolute Gasteiger partial charge is 0.229 e. The molecule has 3 rings (SSSR count). The minimum atomic E-state index is -0.0864. The Labute approximate surface area is 158 Å². The number of allylic oxidation sites excluding steroid dienone is 1. The summed E-state index contributed by atoms with van der Waals surface area (Å²) in [6.45, 7) is 4.21. The number of aliphatic imine (C=N–C) groups is 1. The van der Waals surface area contributed by atoms with Crippen molar-refractivity contribution in [2.75, 3.05) is 12.4 Å². The summed E-state index contributed by atoms with van der Waals surface area (Å²) < 4.78 is 0. The maximum absolute atomic E-state index is 12.5. The molecule has 1 heterocycles. The van der Waals surface area contributed by atoms with Gasteiger partial charge in [-0.25, -0.2) is 4.98 Å². The van der Waals surface area contributed by atoms with Crippen LogP contribution < -0.4 is 11.1 Å². The SMILES string of the molecule is CN=C/C(=C\N)C1CC1C(=O)Nc1cc2cc(C(C)C)c(Cl)cc2cn1. The van der Waals surface area contributed by atoms with Crippen LogP contribution in [0.3, 0.4) is 0 Å². The first-order valence-corrected chi connectivity index (χ1v) is 9.06. The number of pyridine rings is 1. The third-order valence-corrected chi connectivity index (χ3v) is 5.06. The van der Waals surface area contributed by atoms with E-state index in [9.17, 15) is 4.79 Å². The Balaban J connectivity index is 1.77. The van der Waals surface area contributed by atoms with E-state index in [0.717, 1.165) is 33.4 Å². The summed E-state index contributed by atoms with van der Waals surface area (Å²) in [5.41, 5.74) is 7.60. The maximum Gasteiger partial charge on any atom is 0.229 e. The Morgan fingerprint density at radius 1 is 1.35 bits per heavy atom. The number of halogens is 1. The van der Waals surface area contributed by atoms with Crippen LogP contribution in [-0.4, -0.2) is 24.2 Å². The molecule has 1 fully saturated rings. The van der Waals surface area contributed by atoms with Crippen molar-refractivity contribution in [2.24, 2.45) is 22.6 Å². The van der Waals surface area contributed by atoms with E-state index < -0.39 is 0 Å². The quantitative estimate of drug-likeness (QED) is 0.776. The predicted molar refractivity (Wildman–Crippen MR) is 108 cm³/mol. The molecule has 3 N–H and O–H groups in total. The zero-order valence-corrected chi connectivity index (χ0v) is 15.9. The number of rotatable bonds is 5. The second-order valence-corrected chi connectivity index (χ2v) is 7.34. The van der Waals surface area contributed by atoms with Gasteiger partial charge in [0.05, 0.1) is 0 Å². The largest absolute Gasteiger partial charge is 0.404 e. The first-order valence-electron chi connectivity index (χ1n) is 8.68. The number of aromatic nitrogens is 1. The Kier molecular flexibility index (Phi) is 5.28. The van der Waals surface area contributed by atoms with E-state index in [1.165, 1.54) is 6.20 Å². The summed E-state index contributed by atoms with van der Waals surface area (Å²) in [6.07, 6.45) is 5.75. The molecular weight excluding hydrogens is 348 g/mol. The summed E-state index contributed by atoms with van der Waals surface area (Å²) in [6, 6.07) is 5.87. The predicted octanol–water partition coefficient (Wildman–Crippen LogP) is 4.13. The number of hydrogen-bond acceptors (Lipinski definition) is 4. The van der Waals surface area contributed by atoms with Crippen LogP contribution in [0, 0.1) is 11.8 Å². The Bertz CT molecular complexity index is 904. The van der Waals surface area contributed by atoms with Gasteiger partial charge in [-0.15, -0.1) is 0 Å². The lowest BCUT2D eigenvalue weighted by Crippen LogP contribution is -2.16. The highest BCUT2D eigenvalue weighted by atomic mass is 35.5. The van der Waals surface area contributed by atoms with Gasteiger partial charge in [0.25, 0.3) is 0 Å². The number of nitrogens with zero attached hydrogens (tertiary/aromatic N) is 2. The highest BCUT2D eigenvalue weighted by Crippen LogP contribution is 2.44. The Morgan fingerprint density at radius 2 is 2.12 bits per heavy atom. The molecule has 1 amide bonds. The van der Waals surface area contributed by atoms with Crippen molar-refractivity contribution in [3.05, 3.63) is 46.8 Å². The van der Waals surface area contributed by atoms with E-state index in [1.807, 2.05) is 12.1 Å². The summed E-state index contributed by atoms with van der Waals surface area (Å²) in [7, 11) is 1.69. The van der Waals surface area contributed by atoms with Crippen molar-refractivity contribution in [3.63, 3.8) is 0 Å². The van der Waals surface area contributed by atoms with Crippen LogP contribution in [-0.2, 0) is 4.79 Å². The molecule has 26 heavy (non-hydrogen) atoms. The van der Waals surface area contributed by atoms with Crippen molar-refractivity contribution >= 4 is 40.3 Å². The fourth-order valence-electron chi connectivity index (χ4n) is 3.18. The number of hydrogen-bond donors (Lipinski definition) is 2. The molecule has 0 aliphatic heterocycles. The van der Waals surface area contributed by atoms with E-state index in [-0.39, 0.29) is 17.7 Å². The van der Waals surface area contributed by atoms with Gasteiger partial charge in [-0.05, 0) is 59.2 Å². The van der Waals surface area contributed by atoms with Crippen molar-refractivity contribution < 1.29 is 4.79 Å². The number of benzene rings is 1. The standard InChI is InChI=1S/C20H23ClN4O/c1-11(2)15-4-12-6-19(24-10-13(12)5-18(15)21)25-20(26)17-7-16(17)14(8-22)9-23-3/h4-6,8-11,16-17H,7,22H2,1-3H3,(H,24,25,26)/b14-8+,23-9?. The van der Waals surface area contributed by atoms with Crippen LogP contribution in [0.15, 0.2) is 41.2 Å². The van der Waals surface area contributed by atoms with Crippen molar-refractivity contribution in [3.8, 4) is 0 Å². The molecule has 0 bridgehead atoms. The van der Waals surface area contributed by atoms with E-state index in [1.54, 1.807) is 19.5 Å². The molecule has 2 atom stereocenters. The summed E-state index contributed by atoms with van der Waals surface area (Å²) in [5, 5.41) is 5.62. The fraction of sp³-hybridized carbons (Fsp3) is 0.350. The Morgan fingerprint density at radius 3 is 2.77 bits per heavy atom. The van der Waals surface area contributed by atoms with Crippen molar-refractivity contribution in [2.45, 2.75) is 26.2 Å². The average molecular weight is 371 g/mol. The molecule has 0 spiro atoms. The molecule has 1 aromatic carbocycles. The van der Waals surface area contributed by atoms with Gasteiger partial charge in [-0.1, -0.05) is 25.4 Å². The molecule has 1 aliphatic rings. The van der Waals surface area contributed by atoms with E-state index in [2.05, 4.69) is 35.2 Å². The zero-order chi connectivity index (χ0) is 18.8. The second-order valence-electron chi connectivity index (χ2n) is 6.94. The van der Waals surface area contributed by atoms with Gasteiger partial charge in [0, 0.05) is 35.8 Å². The van der Waals surface area contributed by atoms with Gasteiger partial charge in [0.2, 0.25) is 5.91 Å². The first-order chi connectivity index (χ1) is 12.4. The minimum Gasteiger partial charge on any atom is -0.404 e. The number of amides is 1. The van der Waals surface area contributed by atoms with Crippen LogP contribution in [0.1, 0.15) is 31.7 Å². The number of fused-ring (bicyclic) bond motifs is 1. The van der Waals surface area contributed by atoms with Gasteiger partial charge in [-0.3, -0.25) is 9.79 Å². The van der Waals surface area contributed by atoms with Crippen LogP contribution in [0.25, 0.3) is 10.8 Å². The highest BCUT2D eigenvalue weighted by Gasteiger charge is 2.44. The number of carbonyl (C=O) groups is 1. The molecule has 2 unspecified atom stereocenters. The Hall–Kier alpha value is -2.40. The van der Waals surface area contributed by atoms with Crippen LogP contribution in [0.5, 0.6) is 0 Å². The molecule has 6 heteroatoms. The molecule has 0 saturated heterocycles. The number of nitrogens with one attached hydrogen (secondary N) is 1. The first kappa shape index (κ1) is 18.4. The van der Waals surface area contributed by atoms with Crippen molar-refractivity contribution in [1.29, 1.82) is 0 Å². The topological polar surface area (TPSA) is 80.4 Å². The van der Waals surface area contributed by atoms with E-state index in [4.69, 9.17) is 17.3 Å². The highest BCUT2D eigenvalue weighted by molar-refractivity contribution is 6.32. The lowest BCUT2D eigenvalue weighted by Gasteiger charge is -2.11. The third kappa shape index (κ3) is 3.73. The zero-order valence-electron chi connectivity index (χ0n) is 15.2. The molecule has 1 aliphatic carbocycles. The molecule has 0 radical (unpaired) electrons. The average Bonchev–Trinajstić information content (AvgIpc) is 3.39. The normalized spacial score (nSPS) is 20.1. The molecule has 2 aromatic rings. The van der Waals surface area contributed by atoms with Gasteiger partial charge in [0.15, 0.2) is 0 Å². The minimum absolute atomic E-state index is 0.0382. The third-order valence-electron chi connectivity index (χ3n) is 4.74. The molecular formula is C20H23ClN4O. The monoisotopic (exact) mass is 370 g/mol. The van der Waals surface area contributed by atoms with E-state index >= 15 is 0 Å². The van der Waals surface area contributed by atoms with Crippen LogP contribution in [0.4, 0.5) is 5.82 Å². The lowest BCUT2D eigenvalue weighted by molar-refractivity contribution is -0.117. The van der Waals surface area contributed by atoms with Gasteiger partial charge in [-0.2, -0.15) is 0 Å². The number of anilines is 1. The molecule has 5 nitrogen and oxygen atoms in total. The number of nitrogens with two attached hydrogens (primary N) is 1. The second kappa shape index (κ2) is 7.46. The lowest BCUT2D eigenvalue weighted by atomic mass is 10.00. The molecule has 1 aromatic heterocycles. The molecule has 136 valence electrons. The van der Waals surface area contributed by atoms with Crippen LogP contribution in [0.2, 0.25) is 5.02 Å². The summed E-state index contributed by atoms with van der Waals surface area (Å²) in [4.78, 5) is 20.8.